The van der Waals surface area contributed by atoms with Crippen LogP contribution in [0.3, 0.4) is 0 Å². The highest BCUT2D eigenvalue weighted by molar-refractivity contribution is 7.92. The summed E-state index contributed by atoms with van der Waals surface area (Å²) in [6.45, 7) is 6.14. The zero-order valence-corrected chi connectivity index (χ0v) is 23.6. The Balaban J connectivity index is 1.85. The standard InChI is InChI=1S/C29H32N4O6S/c1-29(2,3)20-13-15-21(16-14-20)40(35,36)33-27-25(39-24-12-6-5-11-23(24)37-4)28(38-19-9-18-34)32-26(31-27)22-10-7-8-17-30-22/h5-8,10-17,34H,9,18-19H2,1-4H3,(H,31,32,33). The molecule has 0 saturated heterocycles. The number of sulfonamides is 1. The molecule has 0 spiro atoms. The molecule has 0 unspecified atom stereocenters. The van der Waals surface area contributed by atoms with Gasteiger partial charge >= 0.3 is 0 Å². The van der Waals surface area contributed by atoms with Crippen LogP contribution in [0.25, 0.3) is 11.5 Å². The second-order valence-corrected chi connectivity index (χ2v) is 11.5. The van der Waals surface area contributed by atoms with Crippen molar-refractivity contribution in [1.82, 2.24) is 15.0 Å². The Morgan fingerprint density at radius 1 is 0.925 bits per heavy atom. The van der Waals surface area contributed by atoms with E-state index in [1.54, 1.807) is 72.9 Å². The molecule has 4 rings (SSSR count). The summed E-state index contributed by atoms with van der Waals surface area (Å²) in [5.74, 6) is 0.561. The molecule has 4 aromatic rings. The minimum atomic E-state index is -4.11. The summed E-state index contributed by atoms with van der Waals surface area (Å²) >= 11 is 0. The molecular formula is C29H32N4O6S. The van der Waals surface area contributed by atoms with Crippen molar-refractivity contribution >= 4 is 15.8 Å². The van der Waals surface area contributed by atoms with Crippen LogP contribution in [0.5, 0.6) is 23.1 Å². The van der Waals surface area contributed by atoms with E-state index >= 15 is 0 Å². The average molecular weight is 565 g/mol. The van der Waals surface area contributed by atoms with Crippen LogP contribution in [0, 0.1) is 0 Å². The first kappa shape index (κ1) is 28.8. The van der Waals surface area contributed by atoms with Gasteiger partial charge < -0.3 is 19.3 Å². The molecule has 0 saturated carbocycles. The zero-order valence-electron chi connectivity index (χ0n) is 22.8. The molecule has 0 radical (unpaired) electrons. The van der Waals surface area contributed by atoms with E-state index in [2.05, 4.69) is 40.4 Å². The number of rotatable bonds is 11. The molecular weight excluding hydrogens is 532 g/mol. The van der Waals surface area contributed by atoms with E-state index in [9.17, 15) is 13.5 Å². The first-order valence-electron chi connectivity index (χ1n) is 12.6. The molecule has 2 aromatic carbocycles. The van der Waals surface area contributed by atoms with E-state index in [4.69, 9.17) is 14.2 Å². The van der Waals surface area contributed by atoms with Crippen molar-refractivity contribution in [2.75, 3.05) is 25.0 Å². The smallest absolute Gasteiger partial charge is 0.263 e. The summed E-state index contributed by atoms with van der Waals surface area (Å²) < 4.78 is 47.1. The van der Waals surface area contributed by atoms with Crippen LogP contribution in [-0.4, -0.2) is 48.8 Å². The van der Waals surface area contributed by atoms with Gasteiger partial charge in [-0.15, -0.1) is 0 Å². The third-order valence-corrected chi connectivity index (χ3v) is 7.17. The number of aliphatic hydroxyl groups is 1. The minimum absolute atomic E-state index is 0.0317. The third kappa shape index (κ3) is 6.85. The van der Waals surface area contributed by atoms with Gasteiger partial charge in [0.25, 0.3) is 15.9 Å². The Hall–Kier alpha value is -4.22. The highest BCUT2D eigenvalue weighted by Gasteiger charge is 2.26. The van der Waals surface area contributed by atoms with Crippen molar-refractivity contribution in [2.45, 2.75) is 37.5 Å². The second-order valence-electron chi connectivity index (χ2n) is 9.80. The summed E-state index contributed by atoms with van der Waals surface area (Å²) in [7, 11) is -2.62. The van der Waals surface area contributed by atoms with E-state index < -0.39 is 10.0 Å². The van der Waals surface area contributed by atoms with Gasteiger partial charge in [0.2, 0.25) is 5.75 Å². The Bertz CT molecular complexity index is 1540. The number of hydrogen-bond acceptors (Lipinski definition) is 9. The van der Waals surface area contributed by atoms with E-state index in [-0.39, 0.29) is 46.8 Å². The van der Waals surface area contributed by atoms with Crippen LogP contribution in [0.4, 0.5) is 5.82 Å². The number of benzene rings is 2. The maximum absolute atomic E-state index is 13.6. The maximum atomic E-state index is 13.6. The summed E-state index contributed by atoms with van der Waals surface area (Å²) in [6, 6.07) is 18.7. The summed E-state index contributed by atoms with van der Waals surface area (Å²) in [5, 5.41) is 9.29. The number of para-hydroxylation sites is 2. The molecule has 0 bridgehead atoms. The van der Waals surface area contributed by atoms with E-state index in [0.717, 1.165) is 5.56 Å². The number of anilines is 1. The molecule has 0 amide bonds. The lowest BCUT2D eigenvalue weighted by Gasteiger charge is -2.20. The van der Waals surface area contributed by atoms with Crippen LogP contribution in [-0.2, 0) is 15.4 Å². The molecule has 10 nitrogen and oxygen atoms in total. The van der Waals surface area contributed by atoms with Crippen LogP contribution in [0.2, 0.25) is 0 Å². The highest BCUT2D eigenvalue weighted by atomic mass is 32.2. The molecule has 0 atom stereocenters. The fraction of sp³-hybridized carbons (Fsp3) is 0.276. The van der Waals surface area contributed by atoms with Crippen LogP contribution >= 0.6 is 0 Å². The number of methoxy groups -OCH3 is 1. The van der Waals surface area contributed by atoms with E-state index in [0.29, 0.717) is 23.6 Å². The molecule has 2 aromatic heterocycles. The quantitative estimate of drug-likeness (QED) is 0.236. The normalized spacial score (nSPS) is 11.6. The van der Waals surface area contributed by atoms with Gasteiger partial charge in [0, 0.05) is 19.2 Å². The number of nitrogens with one attached hydrogen (secondary N) is 1. The molecule has 0 fully saturated rings. The molecule has 0 aliphatic heterocycles. The first-order chi connectivity index (χ1) is 19.1. The number of aliphatic hydroxyl groups excluding tert-OH is 1. The topological polar surface area (TPSA) is 133 Å². The zero-order chi connectivity index (χ0) is 28.8. The predicted octanol–water partition coefficient (Wildman–Crippen LogP) is 5.20. The second kappa shape index (κ2) is 12.3. The molecule has 2 heterocycles. The van der Waals surface area contributed by atoms with Crippen molar-refractivity contribution < 1.29 is 27.7 Å². The molecule has 40 heavy (non-hydrogen) atoms. The van der Waals surface area contributed by atoms with E-state index in [1.807, 2.05) is 0 Å². The van der Waals surface area contributed by atoms with Gasteiger partial charge in [-0.3, -0.25) is 9.71 Å². The van der Waals surface area contributed by atoms with Crippen LogP contribution in [0.15, 0.2) is 77.8 Å². The summed E-state index contributed by atoms with van der Waals surface area (Å²) in [5.41, 5.74) is 1.25. The van der Waals surface area contributed by atoms with Gasteiger partial charge in [0.1, 0.15) is 5.69 Å². The van der Waals surface area contributed by atoms with Crippen molar-refractivity contribution in [3.8, 4) is 34.6 Å². The number of hydrogen-bond donors (Lipinski definition) is 2. The maximum Gasteiger partial charge on any atom is 0.263 e. The van der Waals surface area contributed by atoms with Crippen molar-refractivity contribution in [3.05, 3.63) is 78.5 Å². The SMILES string of the molecule is COc1ccccc1Oc1c(NS(=O)(=O)c2ccc(C(C)(C)C)cc2)nc(-c2ccccn2)nc1OCCCO. The van der Waals surface area contributed by atoms with Gasteiger partial charge in [-0.25, -0.2) is 13.4 Å². The van der Waals surface area contributed by atoms with E-state index in [1.165, 1.54) is 7.11 Å². The van der Waals surface area contributed by atoms with Crippen molar-refractivity contribution in [3.63, 3.8) is 0 Å². The van der Waals surface area contributed by atoms with Crippen LogP contribution < -0.4 is 18.9 Å². The fourth-order valence-corrected chi connectivity index (χ4v) is 4.67. The Kier molecular flexibility index (Phi) is 8.86. The number of pyridine rings is 1. The summed E-state index contributed by atoms with van der Waals surface area (Å²) in [4.78, 5) is 13.3. The summed E-state index contributed by atoms with van der Waals surface area (Å²) in [6.07, 6.45) is 1.89. The number of aromatic nitrogens is 3. The lowest BCUT2D eigenvalue weighted by Crippen LogP contribution is -2.17. The Morgan fingerprint density at radius 3 is 2.25 bits per heavy atom. The Morgan fingerprint density at radius 2 is 1.62 bits per heavy atom. The first-order valence-corrected chi connectivity index (χ1v) is 14.1. The Labute approximate surface area is 234 Å². The third-order valence-electron chi connectivity index (χ3n) is 5.81. The largest absolute Gasteiger partial charge is 0.493 e. The van der Waals surface area contributed by atoms with Crippen molar-refractivity contribution in [1.29, 1.82) is 0 Å². The van der Waals surface area contributed by atoms with Crippen LogP contribution in [0.1, 0.15) is 32.8 Å². The van der Waals surface area contributed by atoms with Gasteiger partial charge in [0.15, 0.2) is 23.1 Å². The van der Waals surface area contributed by atoms with Gasteiger partial charge in [0.05, 0.1) is 18.6 Å². The molecule has 0 aliphatic rings. The lowest BCUT2D eigenvalue weighted by atomic mass is 9.87. The highest BCUT2D eigenvalue weighted by Crippen LogP contribution is 2.41. The van der Waals surface area contributed by atoms with Gasteiger partial charge in [-0.05, 0) is 47.4 Å². The molecule has 0 aliphatic carbocycles. The lowest BCUT2D eigenvalue weighted by molar-refractivity contribution is 0.224. The predicted molar refractivity (Wildman–Crippen MR) is 151 cm³/mol. The molecule has 2 N–H and O–H groups in total. The minimum Gasteiger partial charge on any atom is -0.493 e. The fourth-order valence-electron chi connectivity index (χ4n) is 3.67. The monoisotopic (exact) mass is 564 g/mol. The average Bonchev–Trinajstić information content (AvgIpc) is 2.94. The van der Waals surface area contributed by atoms with Gasteiger partial charge in [-0.2, -0.15) is 4.98 Å². The number of nitrogens with zero attached hydrogens (tertiary/aromatic N) is 3. The molecule has 11 heteroatoms. The number of ether oxygens (including phenoxy) is 3. The molecule has 210 valence electrons. The van der Waals surface area contributed by atoms with Crippen molar-refractivity contribution in [2.24, 2.45) is 0 Å². The van der Waals surface area contributed by atoms with Gasteiger partial charge in [-0.1, -0.05) is 51.1 Å².